The van der Waals surface area contributed by atoms with Crippen LogP contribution < -0.4 is 0 Å². The highest BCUT2D eigenvalue weighted by molar-refractivity contribution is 6.22. The van der Waals surface area contributed by atoms with Gasteiger partial charge in [0, 0.05) is 5.38 Å². The van der Waals surface area contributed by atoms with Gasteiger partial charge in [0.1, 0.15) is 0 Å². The average molecular weight is 181 g/mol. The van der Waals surface area contributed by atoms with Gasteiger partial charge in [0.15, 0.2) is 0 Å². The zero-order chi connectivity index (χ0) is 7.98. The van der Waals surface area contributed by atoms with Gasteiger partial charge in [0.05, 0.1) is 5.38 Å². The van der Waals surface area contributed by atoms with Crippen molar-refractivity contribution in [3.63, 3.8) is 0 Å². The predicted octanol–water partition coefficient (Wildman–Crippen LogP) is 3.58. The molecule has 0 nitrogen and oxygen atoms in total. The first-order valence-electron chi connectivity index (χ1n) is 3.63. The van der Waals surface area contributed by atoms with Gasteiger partial charge in [0.2, 0.25) is 0 Å². The number of rotatable bonds is 4. The maximum absolute atomic E-state index is 5.88. The lowest BCUT2D eigenvalue weighted by atomic mass is 10.2. The van der Waals surface area contributed by atoms with Crippen molar-refractivity contribution in [1.82, 2.24) is 0 Å². The van der Waals surface area contributed by atoms with Crippen molar-refractivity contribution in [2.45, 2.75) is 37.4 Å². The van der Waals surface area contributed by atoms with Gasteiger partial charge in [-0.25, -0.2) is 0 Å². The summed E-state index contributed by atoms with van der Waals surface area (Å²) >= 11 is 11.6. The molecular weight excluding hydrogens is 167 g/mol. The van der Waals surface area contributed by atoms with Crippen molar-refractivity contribution >= 4 is 23.2 Å². The zero-order valence-corrected chi connectivity index (χ0v) is 7.99. The van der Waals surface area contributed by atoms with E-state index in [0.29, 0.717) is 0 Å². The van der Waals surface area contributed by atoms with Crippen LogP contribution in [0.4, 0.5) is 0 Å². The Morgan fingerprint density at radius 3 is 2.30 bits per heavy atom. The molecule has 2 heteroatoms. The summed E-state index contributed by atoms with van der Waals surface area (Å²) in [5, 5.41) is 0.254. The third-order valence-electron chi connectivity index (χ3n) is 1.15. The quantitative estimate of drug-likeness (QED) is 0.459. The molecule has 0 aliphatic heterocycles. The van der Waals surface area contributed by atoms with E-state index in [1.165, 1.54) is 0 Å². The van der Waals surface area contributed by atoms with E-state index in [1.54, 1.807) is 0 Å². The van der Waals surface area contributed by atoms with Crippen LogP contribution >= 0.6 is 23.2 Å². The van der Waals surface area contributed by atoms with Crippen LogP contribution in [-0.2, 0) is 0 Å². The second-order valence-corrected chi connectivity index (χ2v) is 3.62. The summed E-state index contributed by atoms with van der Waals surface area (Å²) in [7, 11) is 0. The average Bonchev–Trinajstić information content (AvgIpc) is 1.85. The van der Waals surface area contributed by atoms with E-state index >= 15 is 0 Å². The molecule has 0 saturated carbocycles. The van der Waals surface area contributed by atoms with Crippen molar-refractivity contribution in [3.05, 3.63) is 12.2 Å². The Hall–Kier alpha value is 0.320. The first-order chi connectivity index (χ1) is 4.66. The molecular formula is C8H14Cl2. The molecule has 0 radical (unpaired) electrons. The highest BCUT2D eigenvalue weighted by atomic mass is 35.5. The highest BCUT2D eigenvalue weighted by Crippen LogP contribution is 2.07. The van der Waals surface area contributed by atoms with Crippen molar-refractivity contribution in [2.75, 3.05) is 0 Å². The lowest BCUT2D eigenvalue weighted by molar-refractivity contribution is 0.819. The molecule has 0 aromatic rings. The Balaban J connectivity index is 3.45. The number of alkyl halides is 2. The SMILES string of the molecule is CCCC(Cl)C=CC(C)Cl. The summed E-state index contributed by atoms with van der Waals surface area (Å²) in [5.74, 6) is 0. The second kappa shape index (κ2) is 6.06. The Bertz CT molecular complexity index is 97.4. The van der Waals surface area contributed by atoms with E-state index < -0.39 is 0 Å². The predicted molar refractivity (Wildman–Crippen MR) is 49.0 cm³/mol. The molecule has 60 valence electrons. The topological polar surface area (TPSA) is 0 Å². The Kier molecular flexibility index (Phi) is 6.25. The standard InChI is InChI=1S/C8H14Cl2/c1-3-4-8(10)6-5-7(2)9/h5-8H,3-4H2,1-2H3. The van der Waals surface area contributed by atoms with E-state index in [4.69, 9.17) is 23.2 Å². The summed E-state index contributed by atoms with van der Waals surface area (Å²) in [6.07, 6.45) is 6.04. The lowest BCUT2D eigenvalue weighted by Crippen LogP contribution is -1.93. The van der Waals surface area contributed by atoms with Crippen LogP contribution in [0.5, 0.6) is 0 Å². The van der Waals surface area contributed by atoms with E-state index in [-0.39, 0.29) is 10.8 Å². The Labute approximate surface area is 73.2 Å². The fourth-order valence-electron chi connectivity index (χ4n) is 0.646. The summed E-state index contributed by atoms with van der Waals surface area (Å²) in [5.41, 5.74) is 0. The monoisotopic (exact) mass is 180 g/mol. The van der Waals surface area contributed by atoms with E-state index in [1.807, 2.05) is 19.1 Å². The summed E-state index contributed by atoms with van der Waals surface area (Å²) in [4.78, 5) is 0. The van der Waals surface area contributed by atoms with E-state index in [0.717, 1.165) is 12.8 Å². The molecule has 0 amide bonds. The largest absolute Gasteiger partial charge is 0.119 e. The van der Waals surface area contributed by atoms with Crippen LogP contribution in [0.2, 0.25) is 0 Å². The van der Waals surface area contributed by atoms with Crippen molar-refractivity contribution < 1.29 is 0 Å². The molecule has 0 heterocycles. The molecule has 0 N–H and O–H groups in total. The Morgan fingerprint density at radius 2 is 1.90 bits per heavy atom. The van der Waals surface area contributed by atoms with E-state index in [2.05, 4.69) is 6.92 Å². The third-order valence-corrected chi connectivity index (χ3v) is 1.66. The van der Waals surface area contributed by atoms with Crippen LogP contribution in [0.25, 0.3) is 0 Å². The van der Waals surface area contributed by atoms with Gasteiger partial charge in [-0.15, -0.1) is 23.2 Å². The first-order valence-corrected chi connectivity index (χ1v) is 4.50. The van der Waals surface area contributed by atoms with Crippen molar-refractivity contribution in [2.24, 2.45) is 0 Å². The molecule has 0 aliphatic carbocycles. The van der Waals surface area contributed by atoms with Gasteiger partial charge < -0.3 is 0 Å². The minimum Gasteiger partial charge on any atom is -0.119 e. The molecule has 2 unspecified atom stereocenters. The van der Waals surface area contributed by atoms with E-state index in [9.17, 15) is 0 Å². The van der Waals surface area contributed by atoms with Gasteiger partial charge in [-0.3, -0.25) is 0 Å². The van der Waals surface area contributed by atoms with Gasteiger partial charge in [-0.1, -0.05) is 25.5 Å². The fourth-order valence-corrected chi connectivity index (χ4v) is 1.03. The highest BCUT2D eigenvalue weighted by Gasteiger charge is 1.96. The fraction of sp³-hybridized carbons (Fsp3) is 0.750. The minimum absolute atomic E-state index is 0.0955. The summed E-state index contributed by atoms with van der Waals surface area (Å²) in [6.45, 7) is 4.04. The van der Waals surface area contributed by atoms with Crippen LogP contribution in [0, 0.1) is 0 Å². The number of hydrogen-bond donors (Lipinski definition) is 0. The maximum Gasteiger partial charge on any atom is 0.0516 e. The van der Waals surface area contributed by atoms with Crippen molar-refractivity contribution in [1.29, 1.82) is 0 Å². The smallest absolute Gasteiger partial charge is 0.0516 e. The molecule has 0 aromatic heterocycles. The number of halogens is 2. The summed E-state index contributed by atoms with van der Waals surface area (Å²) in [6, 6.07) is 0. The van der Waals surface area contributed by atoms with Gasteiger partial charge in [-0.2, -0.15) is 0 Å². The normalized spacial score (nSPS) is 17.6. The minimum atomic E-state index is 0.0955. The number of allylic oxidation sites excluding steroid dienone is 2. The lowest BCUT2D eigenvalue weighted by Gasteiger charge is -1.99. The summed E-state index contributed by atoms with van der Waals surface area (Å²) < 4.78 is 0. The number of hydrogen-bond acceptors (Lipinski definition) is 0. The third kappa shape index (κ3) is 6.44. The van der Waals surface area contributed by atoms with Gasteiger partial charge in [-0.05, 0) is 13.3 Å². The Morgan fingerprint density at radius 1 is 1.30 bits per heavy atom. The van der Waals surface area contributed by atoms with Crippen LogP contribution in [0.15, 0.2) is 12.2 Å². The second-order valence-electron chi connectivity index (χ2n) is 2.37. The molecule has 10 heavy (non-hydrogen) atoms. The molecule has 0 spiro atoms. The molecule has 0 aromatic carbocycles. The van der Waals surface area contributed by atoms with Crippen LogP contribution in [0.3, 0.4) is 0 Å². The molecule has 2 atom stereocenters. The van der Waals surface area contributed by atoms with Crippen LogP contribution in [0.1, 0.15) is 26.7 Å². The molecule has 0 saturated heterocycles. The molecule has 0 aliphatic rings. The molecule has 0 fully saturated rings. The van der Waals surface area contributed by atoms with Crippen molar-refractivity contribution in [3.8, 4) is 0 Å². The zero-order valence-electron chi connectivity index (χ0n) is 6.48. The maximum atomic E-state index is 5.88. The molecule has 0 rings (SSSR count). The molecule has 0 bridgehead atoms. The first kappa shape index (κ1) is 10.3. The van der Waals surface area contributed by atoms with Gasteiger partial charge >= 0.3 is 0 Å². The van der Waals surface area contributed by atoms with Crippen LogP contribution in [-0.4, -0.2) is 10.8 Å². The van der Waals surface area contributed by atoms with Gasteiger partial charge in [0.25, 0.3) is 0 Å².